The van der Waals surface area contributed by atoms with Gasteiger partial charge in [0.15, 0.2) is 35.0 Å². The number of aliphatic hydroxyl groups is 14. The Labute approximate surface area is 733 Å². The number of ether oxygens (including phenoxy) is 8. The zero-order valence-corrected chi connectivity index (χ0v) is 71.1. The van der Waals surface area contributed by atoms with Crippen LogP contribution < -0.4 is 80.9 Å². The predicted molar refractivity (Wildman–Crippen MR) is 377 cm³/mol. The van der Waals surface area contributed by atoms with Gasteiger partial charge in [-0.05, 0) is 111 Å². The maximum atomic E-state index is 15.5. The average molecular weight is 1610 g/mol. The molecule has 30 nitrogen and oxygen atoms in total. The van der Waals surface area contributed by atoms with Crippen molar-refractivity contribution in [2.24, 2.45) is 45.3 Å². The quantitative estimate of drug-likeness (QED) is 0.0325. The minimum absolute atomic E-state index is 0. The van der Waals surface area contributed by atoms with E-state index in [1.165, 1.54) is 114 Å². The molecule has 6 heterocycles. The van der Waals surface area contributed by atoms with E-state index in [-0.39, 0.29) is 156 Å². The zero-order chi connectivity index (χ0) is 79.4. The first-order valence-electron chi connectivity index (χ1n) is 35.5. The zero-order valence-electron chi connectivity index (χ0n) is 63.7. The van der Waals surface area contributed by atoms with Gasteiger partial charge in [-0.15, -0.1) is 0 Å². The minimum atomic E-state index is -2.28. The molecule has 8 bridgehead atoms. The van der Waals surface area contributed by atoms with Crippen LogP contribution >= 0.6 is 0 Å². The summed E-state index contributed by atoms with van der Waals surface area (Å²) in [6.07, 6.45) is -0.393. The van der Waals surface area contributed by atoms with Gasteiger partial charge in [-0.3, -0.25) is 19.2 Å². The first-order chi connectivity index (χ1) is 50.6. The van der Waals surface area contributed by atoms with E-state index in [9.17, 15) is 90.7 Å². The van der Waals surface area contributed by atoms with Crippen LogP contribution in [0.25, 0.3) is 0 Å². The Balaban J connectivity index is 0.00000516. The SMILES string of the molecule is CC1=C\C=C\C2(C)C=C(CO[C@H]3O[C@H](CO)[C@H](O)[C@H](O)[C@H]3O)C(C)CC23OC(=O)/C(=C(O)\C=C\C2(C)C=C(CO)C(C)CC24OC(=O)\C(=C(O)/C(C)=C/C=C/C2(C)C=C(CO[C@H]5O[C@H](CO)[C@H](O)[C@H](O)[C@H]5O)C(C)CC25OC(=O)/C(=C(O)/C=C/C2(C)C=C(CO)C(C)CC26OC(=O)\C(=C\1O)C6=O)C5=O)C4=O)C3=O.[Ca+2].[K+].[Na+]. The van der Waals surface area contributed by atoms with E-state index in [2.05, 4.69) is 0 Å². The van der Waals surface area contributed by atoms with E-state index in [1.54, 1.807) is 27.7 Å². The van der Waals surface area contributed by atoms with Gasteiger partial charge in [0.1, 0.15) is 94.2 Å². The summed E-state index contributed by atoms with van der Waals surface area (Å²) in [5, 5.41) is 154. The molecule has 0 saturated carbocycles. The number of Topliss-reactive ketones (excluding diaryl/α,β-unsaturated/α-hetero) is 4. The van der Waals surface area contributed by atoms with Gasteiger partial charge in [0.05, 0.1) is 61.3 Å². The van der Waals surface area contributed by atoms with Gasteiger partial charge in [-0.1, -0.05) is 101 Å². The molecule has 5 aliphatic carbocycles. The van der Waals surface area contributed by atoms with Crippen LogP contribution in [0.3, 0.4) is 0 Å². The number of carbonyl (C=O) groups is 8. The fourth-order valence-electron chi connectivity index (χ4n) is 17.0. The first-order valence-corrected chi connectivity index (χ1v) is 35.5. The van der Waals surface area contributed by atoms with Crippen LogP contribution in [0, 0.1) is 45.3 Å². The Morgan fingerprint density at radius 2 is 0.685 bits per heavy atom. The first kappa shape index (κ1) is 92.0. The molecular weight excluding hydrogens is 1520 g/mol. The van der Waals surface area contributed by atoms with Crippen LogP contribution in [-0.4, -0.2) is 280 Å². The van der Waals surface area contributed by atoms with E-state index in [0.717, 1.165) is 12.2 Å². The molecule has 0 aromatic rings. The summed E-state index contributed by atoms with van der Waals surface area (Å²) in [6, 6.07) is 0. The summed E-state index contributed by atoms with van der Waals surface area (Å²) in [5.74, 6) is -16.4. The van der Waals surface area contributed by atoms with Crippen molar-refractivity contribution in [1.82, 2.24) is 0 Å². The number of fused-ring (bicyclic) bond motifs is 4. The van der Waals surface area contributed by atoms with Gasteiger partial charge < -0.3 is 109 Å². The molecule has 6 fully saturated rings. The summed E-state index contributed by atoms with van der Waals surface area (Å²) >= 11 is 0. The van der Waals surface area contributed by atoms with E-state index in [0.29, 0.717) is 22.3 Å². The largest absolute Gasteiger partial charge is 2.00 e. The second kappa shape index (κ2) is 34.2. The van der Waals surface area contributed by atoms with Crippen molar-refractivity contribution in [3.63, 3.8) is 0 Å². The normalized spacial score (nSPS) is 44.8. The average Bonchev–Trinajstić information content (AvgIpc) is 1.60. The summed E-state index contributed by atoms with van der Waals surface area (Å²) in [5.41, 5.74) is -19.0. The van der Waals surface area contributed by atoms with Crippen LogP contribution in [0.4, 0.5) is 0 Å². The Hall–Kier alpha value is -4.54. The molecule has 14 N–H and O–H groups in total. The number of esters is 4. The maximum absolute atomic E-state index is 15.5. The summed E-state index contributed by atoms with van der Waals surface area (Å²) in [7, 11) is 0. The van der Waals surface area contributed by atoms with Gasteiger partial charge >= 0.3 is 143 Å². The Morgan fingerprint density at radius 1 is 0.414 bits per heavy atom. The Bertz CT molecular complexity index is 4050. The van der Waals surface area contributed by atoms with Gasteiger partial charge in [-0.25, -0.2) is 19.2 Å². The molecule has 11 aliphatic rings. The second-order valence-corrected chi connectivity index (χ2v) is 31.0. The third-order valence-corrected chi connectivity index (χ3v) is 24.0. The van der Waals surface area contributed by atoms with Crippen molar-refractivity contribution in [3.05, 3.63) is 164 Å². The predicted octanol–water partition coefficient (Wildman–Crippen LogP) is -4.04. The van der Waals surface area contributed by atoms with Gasteiger partial charge in [0.25, 0.3) is 0 Å². The van der Waals surface area contributed by atoms with Crippen molar-refractivity contribution >= 4 is 84.7 Å². The van der Waals surface area contributed by atoms with Gasteiger partial charge in [-0.2, -0.15) is 0 Å². The number of rotatable bonds is 10. The van der Waals surface area contributed by atoms with Crippen molar-refractivity contribution in [1.29, 1.82) is 0 Å². The number of hydrogen-bond acceptors (Lipinski definition) is 30. The summed E-state index contributed by atoms with van der Waals surface area (Å²) < 4.78 is 47.6. The topological polar surface area (TPSA) is 494 Å². The van der Waals surface area contributed by atoms with E-state index >= 15 is 19.2 Å². The molecule has 33 heteroatoms. The van der Waals surface area contributed by atoms with Crippen LogP contribution in [0.15, 0.2) is 164 Å². The molecular formula is C78H92CaKNaO30+4. The molecule has 584 valence electrons. The standard InChI is InChI=1S/C78H92O30.Ca.K.Na/c1-35-13-11-17-71(7)27-43(33-101-69-59(91)57(89)55(87)47(31-81)103-69)39(5)23-75(71)61(93)49(65(97)105-75)46(84)16-20-74(10)26-42(30-80)38(4)22-78(74)64(96)52(68(100)108-78)54(86)36(2)14-12-18-72(8)28-44(34-102-70-60(92)58(90)56(88)48(32-82)104-70)40(6)24-76(72)62(94)50(66(98)106-76)45(83)15-19-73(9)25-41(29-79)37(3)21-77(73)63(95)51(53(35)85)67(99)107-77;;;/h11-20,25-28,37-40,47-48,55-60,69-70,79-92H,21-24,29-34H2,1-10H3;;;/q;+2;2*+1/b17-11+,18-12+,19-15+,20-16+,35-13+,36-14+,49-46-,50-45+,53-51+,54-52-;;;/t37?,38?,39?,40?,47-,48-,55+,56+,57+,58+,59-,60-,69+,70+,71?,72?,73?,74?,75?,76?,77?,78?;;;/m1.../s1. The molecule has 12 unspecified atom stereocenters. The van der Waals surface area contributed by atoms with Crippen molar-refractivity contribution in [2.75, 3.05) is 39.6 Å². The smallest absolute Gasteiger partial charge is 0.507 e. The summed E-state index contributed by atoms with van der Waals surface area (Å²) in [6.45, 7) is 11.3. The maximum Gasteiger partial charge on any atom is 2.00 e. The van der Waals surface area contributed by atoms with E-state index in [1.807, 2.05) is 0 Å². The molecule has 0 aromatic heterocycles. The van der Waals surface area contributed by atoms with Crippen molar-refractivity contribution in [2.45, 2.75) is 179 Å². The number of aliphatic hydroxyl groups excluding tert-OH is 14. The molecule has 111 heavy (non-hydrogen) atoms. The molecule has 6 saturated heterocycles. The van der Waals surface area contributed by atoms with Gasteiger partial charge in [0.2, 0.25) is 23.1 Å². The molecule has 6 aliphatic heterocycles. The second-order valence-electron chi connectivity index (χ2n) is 31.0. The van der Waals surface area contributed by atoms with Crippen molar-refractivity contribution < 1.29 is 229 Å². The molecule has 11 rings (SSSR count). The molecule has 0 aromatic carbocycles. The van der Waals surface area contributed by atoms with Crippen LogP contribution in [0.2, 0.25) is 0 Å². The fraction of sp³-hybridized carbons (Fsp3) is 0.538. The molecule has 4 spiro atoms. The van der Waals surface area contributed by atoms with Crippen LogP contribution in [0.1, 0.15) is 94.9 Å². The molecule has 22 atom stereocenters. The van der Waals surface area contributed by atoms with E-state index < -0.39 is 261 Å². The third-order valence-electron chi connectivity index (χ3n) is 24.0. The molecule has 0 radical (unpaired) electrons. The van der Waals surface area contributed by atoms with Crippen molar-refractivity contribution in [3.8, 4) is 0 Å². The third kappa shape index (κ3) is 15.3. The van der Waals surface area contributed by atoms with Gasteiger partial charge in [0, 0.05) is 25.7 Å². The van der Waals surface area contributed by atoms with E-state index in [4.69, 9.17) is 37.9 Å². The number of hydrogen-bond donors (Lipinski definition) is 14. The monoisotopic (exact) mass is 1610 g/mol. The number of carbonyl (C=O) groups excluding carboxylic acids is 8. The summed E-state index contributed by atoms with van der Waals surface area (Å²) in [4.78, 5) is 120. The number of allylic oxidation sites excluding steroid dienone is 8. The Kier molecular flexibility index (Phi) is 28.3. The Morgan fingerprint density at radius 3 is 0.982 bits per heavy atom. The van der Waals surface area contributed by atoms with Crippen LogP contribution in [0.5, 0.6) is 0 Å². The fourth-order valence-corrected chi connectivity index (χ4v) is 17.0. The molecule has 0 amide bonds. The van der Waals surface area contributed by atoms with Crippen LogP contribution in [-0.2, 0) is 76.3 Å². The minimum Gasteiger partial charge on any atom is -0.507 e. The number of ketones is 4.